The van der Waals surface area contributed by atoms with Crippen LogP contribution in [0.1, 0.15) is 19.0 Å². The predicted molar refractivity (Wildman–Crippen MR) is 89.7 cm³/mol. The normalized spacial score (nSPS) is 9.64. The lowest BCUT2D eigenvalue weighted by atomic mass is 10.3. The molecule has 1 aromatic heterocycles. The largest absolute Gasteiger partial charge is 1.00 e. The Hall–Kier alpha value is -1.65. The van der Waals surface area contributed by atoms with Crippen molar-refractivity contribution in [1.82, 2.24) is 10.3 Å². The van der Waals surface area contributed by atoms with E-state index in [1.54, 1.807) is 19.2 Å². The number of amides is 1. The van der Waals surface area contributed by atoms with Gasteiger partial charge in [0.2, 0.25) is 5.91 Å². The van der Waals surface area contributed by atoms with E-state index >= 15 is 0 Å². The molecule has 5 heteroatoms. The molecule has 1 rings (SSSR count). The fraction of sp³-hybridized carbons (Fsp3) is 0.412. The maximum absolute atomic E-state index is 11.1. The number of pyridine rings is 1. The van der Waals surface area contributed by atoms with Gasteiger partial charge in [0.05, 0.1) is 33.4 Å². The Kier molecular flexibility index (Phi) is 12.3. The molecule has 1 amide bonds. The van der Waals surface area contributed by atoms with Gasteiger partial charge in [0.25, 0.3) is 0 Å². The monoisotopic (exact) mass is 325 g/mol. The summed E-state index contributed by atoms with van der Waals surface area (Å²) in [5.41, 5.74) is 1.50. The topological polar surface area (TPSA) is 42.0 Å². The van der Waals surface area contributed by atoms with Gasteiger partial charge >= 0.3 is 0 Å². The van der Waals surface area contributed by atoms with Gasteiger partial charge in [0.15, 0.2) is 0 Å². The van der Waals surface area contributed by atoms with Crippen molar-refractivity contribution in [2.45, 2.75) is 13.3 Å². The molecule has 0 aromatic carbocycles. The number of carbonyl (C=O) groups is 1. The molecule has 0 saturated heterocycles. The minimum atomic E-state index is -0.0404. The second kappa shape index (κ2) is 12.0. The fourth-order valence-corrected chi connectivity index (χ4v) is 1.40. The predicted octanol–water partition coefficient (Wildman–Crippen LogP) is -0.496. The number of nitrogens with one attached hydrogen (secondary N) is 1. The molecule has 1 N–H and O–H groups in total. The van der Waals surface area contributed by atoms with E-state index in [1.165, 1.54) is 0 Å². The fourth-order valence-electron chi connectivity index (χ4n) is 1.40. The van der Waals surface area contributed by atoms with E-state index in [0.29, 0.717) is 5.57 Å². The third-order valence-corrected chi connectivity index (χ3v) is 2.58. The molecular weight excluding hydrogens is 298 g/mol. The summed E-state index contributed by atoms with van der Waals surface area (Å²) in [7, 11) is 6.42. The molecule has 4 nitrogen and oxygen atoms in total. The van der Waals surface area contributed by atoms with Crippen molar-refractivity contribution < 1.29 is 21.7 Å². The molecule has 0 aliphatic rings. The Morgan fingerprint density at radius 2 is 2.00 bits per heavy atom. The van der Waals surface area contributed by atoms with Gasteiger partial charge in [-0.2, -0.15) is 0 Å². The van der Waals surface area contributed by atoms with Crippen molar-refractivity contribution in [3.05, 3.63) is 48.8 Å². The quantitative estimate of drug-likeness (QED) is 0.435. The molecule has 1 aromatic rings. The lowest BCUT2D eigenvalue weighted by Gasteiger charge is -2.23. The number of hydrogen-bond acceptors (Lipinski definition) is 2. The van der Waals surface area contributed by atoms with E-state index in [1.807, 2.05) is 18.2 Å². The van der Waals surface area contributed by atoms with Crippen molar-refractivity contribution in [3.8, 4) is 0 Å². The Labute approximate surface area is 140 Å². The average molecular weight is 326 g/mol. The first kappa shape index (κ1) is 22.6. The standard InChI is InChI=1S/C10H20N2O.C7H7N.ClH/c1-9(2)10(13)11-7-6-8-12(3,4)5;1-2-7-5-3-4-6-8-7;/h1,6-8H2,2-5H3;2-6H,1H2;1H. The van der Waals surface area contributed by atoms with Crippen LogP contribution in [0.3, 0.4) is 0 Å². The zero-order chi connectivity index (χ0) is 16.3. The second-order valence-electron chi connectivity index (χ2n) is 5.86. The molecule has 0 aliphatic heterocycles. The molecule has 0 atom stereocenters. The van der Waals surface area contributed by atoms with Gasteiger partial charge in [-0.25, -0.2) is 0 Å². The number of nitrogens with zero attached hydrogens (tertiary/aromatic N) is 2. The van der Waals surface area contributed by atoms with Gasteiger partial charge in [-0.1, -0.05) is 19.2 Å². The maximum atomic E-state index is 11.1. The summed E-state index contributed by atoms with van der Waals surface area (Å²) in [6, 6.07) is 5.73. The summed E-state index contributed by atoms with van der Waals surface area (Å²) in [6.45, 7) is 10.7. The molecule has 0 unspecified atom stereocenters. The van der Waals surface area contributed by atoms with E-state index in [0.717, 1.165) is 29.7 Å². The Morgan fingerprint density at radius 1 is 1.36 bits per heavy atom. The molecule has 22 heavy (non-hydrogen) atoms. The van der Waals surface area contributed by atoms with Crippen LogP contribution in [-0.2, 0) is 4.79 Å². The SMILES string of the molecule is C=C(C)C(=O)NCCC[N+](C)(C)C.C=Cc1ccccn1.[Cl-]. The van der Waals surface area contributed by atoms with E-state index in [-0.39, 0.29) is 18.3 Å². The molecule has 124 valence electrons. The number of carbonyl (C=O) groups excluding carboxylic acids is 1. The van der Waals surface area contributed by atoms with Crippen molar-refractivity contribution in [3.63, 3.8) is 0 Å². The number of quaternary nitrogens is 1. The van der Waals surface area contributed by atoms with Crippen LogP contribution in [0.2, 0.25) is 0 Å². The van der Waals surface area contributed by atoms with Crippen molar-refractivity contribution in [2.24, 2.45) is 0 Å². The summed E-state index contributed by atoms with van der Waals surface area (Å²) in [5, 5.41) is 2.81. The summed E-state index contributed by atoms with van der Waals surface area (Å²) in [4.78, 5) is 15.0. The summed E-state index contributed by atoms with van der Waals surface area (Å²) in [6.07, 6.45) is 4.47. The Balaban J connectivity index is 0. The van der Waals surface area contributed by atoms with Gasteiger partial charge in [0.1, 0.15) is 0 Å². The molecule has 0 fully saturated rings. The number of rotatable bonds is 6. The van der Waals surface area contributed by atoms with Gasteiger partial charge in [-0.15, -0.1) is 0 Å². The third kappa shape index (κ3) is 13.3. The molecule has 0 spiro atoms. The van der Waals surface area contributed by atoms with E-state index in [2.05, 4.69) is 44.6 Å². The number of aromatic nitrogens is 1. The van der Waals surface area contributed by atoms with Crippen LogP contribution in [0.25, 0.3) is 6.08 Å². The summed E-state index contributed by atoms with van der Waals surface area (Å²) >= 11 is 0. The second-order valence-corrected chi connectivity index (χ2v) is 5.86. The van der Waals surface area contributed by atoms with Gasteiger partial charge in [0, 0.05) is 24.7 Å². The van der Waals surface area contributed by atoms with Crippen molar-refractivity contribution in [1.29, 1.82) is 0 Å². The highest BCUT2D eigenvalue weighted by Gasteiger charge is 2.06. The van der Waals surface area contributed by atoms with Gasteiger partial charge < -0.3 is 22.2 Å². The lowest BCUT2D eigenvalue weighted by molar-refractivity contribution is -0.870. The van der Waals surface area contributed by atoms with E-state index < -0.39 is 0 Å². The zero-order valence-corrected chi connectivity index (χ0v) is 14.9. The van der Waals surface area contributed by atoms with Gasteiger partial charge in [-0.3, -0.25) is 9.78 Å². The minimum absolute atomic E-state index is 0. The Bertz CT molecular complexity index is 453. The van der Waals surface area contributed by atoms with Crippen LogP contribution in [-0.4, -0.2) is 49.6 Å². The number of hydrogen-bond donors (Lipinski definition) is 1. The summed E-state index contributed by atoms with van der Waals surface area (Å²) in [5.74, 6) is -0.0404. The highest BCUT2D eigenvalue weighted by atomic mass is 35.5. The molecular formula is C17H28ClN3O. The average Bonchev–Trinajstić information content (AvgIpc) is 2.43. The molecule has 0 bridgehead atoms. The van der Waals surface area contributed by atoms with Crippen LogP contribution in [0, 0.1) is 0 Å². The highest BCUT2D eigenvalue weighted by Crippen LogP contribution is 1.93. The lowest BCUT2D eigenvalue weighted by Crippen LogP contribution is -3.00. The van der Waals surface area contributed by atoms with Crippen molar-refractivity contribution in [2.75, 3.05) is 34.2 Å². The molecule has 0 radical (unpaired) electrons. The summed E-state index contributed by atoms with van der Waals surface area (Å²) < 4.78 is 0.933. The molecule has 0 saturated carbocycles. The van der Waals surface area contributed by atoms with Crippen LogP contribution >= 0.6 is 0 Å². The first-order valence-corrected chi connectivity index (χ1v) is 7.04. The maximum Gasteiger partial charge on any atom is 0.246 e. The van der Waals surface area contributed by atoms with Crippen molar-refractivity contribution >= 4 is 12.0 Å². The van der Waals surface area contributed by atoms with E-state index in [4.69, 9.17) is 0 Å². The highest BCUT2D eigenvalue weighted by molar-refractivity contribution is 5.91. The third-order valence-electron chi connectivity index (χ3n) is 2.58. The molecule has 1 heterocycles. The van der Waals surface area contributed by atoms with Crippen LogP contribution in [0.5, 0.6) is 0 Å². The zero-order valence-electron chi connectivity index (χ0n) is 14.1. The van der Waals surface area contributed by atoms with Crippen LogP contribution in [0.4, 0.5) is 0 Å². The Morgan fingerprint density at radius 3 is 2.36 bits per heavy atom. The number of halogens is 1. The molecule has 0 aliphatic carbocycles. The van der Waals surface area contributed by atoms with Crippen LogP contribution < -0.4 is 17.7 Å². The minimum Gasteiger partial charge on any atom is -1.00 e. The first-order chi connectivity index (χ1) is 9.76. The first-order valence-electron chi connectivity index (χ1n) is 7.04. The van der Waals surface area contributed by atoms with E-state index in [9.17, 15) is 4.79 Å². The smallest absolute Gasteiger partial charge is 0.246 e. The van der Waals surface area contributed by atoms with Gasteiger partial charge in [-0.05, 0) is 25.1 Å². The van der Waals surface area contributed by atoms with Crippen LogP contribution in [0.15, 0.2) is 43.1 Å².